The summed E-state index contributed by atoms with van der Waals surface area (Å²) in [5.74, 6) is 1.32. The number of nitrogens with zero attached hydrogens (tertiary/aromatic N) is 3. The maximum absolute atomic E-state index is 12.7. The number of benzene rings is 2. The second-order valence-corrected chi connectivity index (χ2v) is 7.67. The van der Waals surface area contributed by atoms with E-state index in [2.05, 4.69) is 53.0 Å². The molecule has 1 fully saturated rings. The van der Waals surface area contributed by atoms with E-state index in [4.69, 9.17) is 4.98 Å². The lowest BCUT2D eigenvalue weighted by Crippen LogP contribution is -2.38. The zero-order valence-electron chi connectivity index (χ0n) is 16.7. The van der Waals surface area contributed by atoms with Crippen molar-refractivity contribution in [3.63, 3.8) is 0 Å². The number of imidazole rings is 1. The number of carbonyl (C=O) groups is 1. The third-order valence-corrected chi connectivity index (χ3v) is 5.81. The molecule has 2 aromatic carbocycles. The number of rotatable bonds is 5. The van der Waals surface area contributed by atoms with Crippen molar-refractivity contribution >= 4 is 22.6 Å². The molecule has 0 radical (unpaired) electrons. The van der Waals surface area contributed by atoms with Crippen LogP contribution in [0.5, 0.6) is 0 Å². The van der Waals surface area contributed by atoms with Gasteiger partial charge in [0.15, 0.2) is 0 Å². The highest BCUT2D eigenvalue weighted by molar-refractivity contribution is 5.92. The predicted octanol–water partition coefficient (Wildman–Crippen LogP) is 3.99. The molecule has 1 aliphatic heterocycles. The number of para-hydroxylation sites is 2. The highest BCUT2D eigenvalue weighted by atomic mass is 16.1. The Balaban J connectivity index is 1.33. The molecule has 0 aliphatic carbocycles. The summed E-state index contributed by atoms with van der Waals surface area (Å²) in [5.41, 5.74) is 4.37. The molecule has 5 nitrogen and oxygen atoms in total. The number of aryl methyl sites for hydroxylation is 2. The van der Waals surface area contributed by atoms with Crippen molar-refractivity contribution in [1.29, 1.82) is 0 Å². The highest BCUT2D eigenvalue weighted by Crippen LogP contribution is 2.22. The minimum absolute atomic E-state index is 0.0852. The van der Waals surface area contributed by atoms with Gasteiger partial charge in [-0.05, 0) is 62.2 Å². The summed E-state index contributed by atoms with van der Waals surface area (Å²) in [6.45, 7) is 4.81. The van der Waals surface area contributed by atoms with E-state index in [1.54, 1.807) is 0 Å². The number of carbonyl (C=O) groups excluding carboxylic acids is 1. The summed E-state index contributed by atoms with van der Waals surface area (Å²) in [5, 5.41) is 3.10. The third-order valence-electron chi connectivity index (χ3n) is 5.81. The van der Waals surface area contributed by atoms with Crippen LogP contribution in [0.2, 0.25) is 0 Å². The first kappa shape index (κ1) is 18.7. The van der Waals surface area contributed by atoms with Gasteiger partial charge in [-0.1, -0.05) is 31.2 Å². The Morgan fingerprint density at radius 1 is 1.14 bits per heavy atom. The molecule has 4 rings (SSSR count). The van der Waals surface area contributed by atoms with Crippen LogP contribution in [-0.4, -0.2) is 33.4 Å². The first-order valence-corrected chi connectivity index (χ1v) is 10.2. The molecule has 0 spiro atoms. The van der Waals surface area contributed by atoms with Crippen LogP contribution in [0.15, 0.2) is 48.5 Å². The second kappa shape index (κ2) is 8.15. The van der Waals surface area contributed by atoms with Gasteiger partial charge in [0.25, 0.3) is 0 Å². The fourth-order valence-electron chi connectivity index (χ4n) is 4.00. The summed E-state index contributed by atoms with van der Waals surface area (Å²) in [6.07, 6.45) is 2.76. The van der Waals surface area contributed by atoms with E-state index in [9.17, 15) is 4.79 Å². The predicted molar refractivity (Wildman–Crippen MR) is 113 cm³/mol. The molecule has 1 aromatic heterocycles. The van der Waals surface area contributed by atoms with E-state index in [-0.39, 0.29) is 11.8 Å². The molecule has 0 bridgehead atoms. The molecule has 3 aromatic rings. The first-order chi connectivity index (χ1) is 13.6. The van der Waals surface area contributed by atoms with Crippen LogP contribution < -0.4 is 5.32 Å². The Morgan fingerprint density at radius 3 is 2.68 bits per heavy atom. The van der Waals surface area contributed by atoms with E-state index in [1.165, 1.54) is 11.1 Å². The Labute approximate surface area is 166 Å². The van der Waals surface area contributed by atoms with E-state index in [0.717, 1.165) is 55.9 Å². The largest absolute Gasteiger partial charge is 0.330 e. The number of fused-ring (bicyclic) bond motifs is 1. The molecule has 28 heavy (non-hydrogen) atoms. The number of nitrogens with one attached hydrogen (secondary N) is 1. The number of likely N-dealkylation sites (tertiary alicyclic amines) is 1. The zero-order valence-corrected chi connectivity index (χ0v) is 16.7. The maximum atomic E-state index is 12.7. The van der Waals surface area contributed by atoms with Gasteiger partial charge in [0.1, 0.15) is 5.82 Å². The van der Waals surface area contributed by atoms with Gasteiger partial charge < -0.3 is 9.88 Å². The van der Waals surface area contributed by atoms with Gasteiger partial charge >= 0.3 is 0 Å². The standard InChI is InChI=1S/C23H28N4O/c1-3-17-7-6-8-19(15-17)24-23(28)18-11-13-27(14-12-18)16-22-25-20-9-4-5-10-21(20)26(22)2/h4-10,15,18H,3,11-14,16H2,1-2H3,(H,24,28). The third kappa shape index (κ3) is 3.94. The fourth-order valence-corrected chi connectivity index (χ4v) is 4.00. The van der Waals surface area contributed by atoms with Crippen LogP contribution >= 0.6 is 0 Å². The fraction of sp³-hybridized carbons (Fsp3) is 0.391. The molecule has 146 valence electrons. The van der Waals surface area contributed by atoms with Crippen molar-refractivity contribution in [2.24, 2.45) is 13.0 Å². The van der Waals surface area contributed by atoms with E-state index < -0.39 is 0 Å². The van der Waals surface area contributed by atoms with E-state index >= 15 is 0 Å². The van der Waals surface area contributed by atoms with Gasteiger partial charge in [-0.15, -0.1) is 0 Å². The van der Waals surface area contributed by atoms with Gasteiger partial charge in [0.2, 0.25) is 5.91 Å². The van der Waals surface area contributed by atoms with Crippen molar-refractivity contribution in [1.82, 2.24) is 14.5 Å². The van der Waals surface area contributed by atoms with Gasteiger partial charge in [-0.3, -0.25) is 9.69 Å². The number of aromatic nitrogens is 2. The molecule has 0 unspecified atom stereocenters. The van der Waals surface area contributed by atoms with Crippen LogP contribution in [0.1, 0.15) is 31.2 Å². The lowest BCUT2D eigenvalue weighted by molar-refractivity contribution is -0.121. The van der Waals surface area contributed by atoms with Gasteiger partial charge in [-0.2, -0.15) is 0 Å². The van der Waals surface area contributed by atoms with Crippen LogP contribution in [0.3, 0.4) is 0 Å². The highest BCUT2D eigenvalue weighted by Gasteiger charge is 2.26. The Hall–Kier alpha value is -2.66. The second-order valence-electron chi connectivity index (χ2n) is 7.67. The number of hydrogen-bond acceptors (Lipinski definition) is 3. The van der Waals surface area contributed by atoms with Crippen LogP contribution in [-0.2, 0) is 24.8 Å². The Bertz CT molecular complexity index is 970. The first-order valence-electron chi connectivity index (χ1n) is 10.2. The zero-order chi connectivity index (χ0) is 19.5. The SMILES string of the molecule is CCc1cccc(NC(=O)C2CCN(Cc3nc4ccccc4n3C)CC2)c1. The lowest BCUT2D eigenvalue weighted by atomic mass is 9.95. The smallest absolute Gasteiger partial charge is 0.227 e. The number of piperidine rings is 1. The maximum Gasteiger partial charge on any atom is 0.227 e. The average Bonchev–Trinajstić information content (AvgIpc) is 3.04. The van der Waals surface area contributed by atoms with Crippen molar-refractivity contribution in [2.75, 3.05) is 18.4 Å². The minimum atomic E-state index is 0.0852. The number of hydrogen-bond donors (Lipinski definition) is 1. The molecule has 0 atom stereocenters. The minimum Gasteiger partial charge on any atom is -0.330 e. The topological polar surface area (TPSA) is 50.2 Å². The summed E-state index contributed by atoms with van der Waals surface area (Å²) in [6, 6.07) is 16.4. The summed E-state index contributed by atoms with van der Waals surface area (Å²) in [7, 11) is 2.08. The molecule has 0 saturated carbocycles. The van der Waals surface area contributed by atoms with Crippen molar-refractivity contribution in [3.8, 4) is 0 Å². The monoisotopic (exact) mass is 376 g/mol. The van der Waals surface area contributed by atoms with Crippen molar-refractivity contribution in [3.05, 3.63) is 59.9 Å². The van der Waals surface area contributed by atoms with Gasteiger partial charge in [0.05, 0.1) is 17.6 Å². The normalized spacial score (nSPS) is 15.8. The quantitative estimate of drug-likeness (QED) is 0.733. The number of amides is 1. The molecule has 1 N–H and O–H groups in total. The molecule has 1 amide bonds. The number of anilines is 1. The molecule has 1 saturated heterocycles. The van der Waals surface area contributed by atoms with Gasteiger partial charge in [0, 0.05) is 18.7 Å². The summed E-state index contributed by atoms with van der Waals surface area (Å²) >= 11 is 0. The molecule has 1 aliphatic rings. The van der Waals surface area contributed by atoms with Crippen LogP contribution in [0.25, 0.3) is 11.0 Å². The molecular weight excluding hydrogens is 348 g/mol. The summed E-state index contributed by atoms with van der Waals surface area (Å²) < 4.78 is 2.18. The van der Waals surface area contributed by atoms with E-state index in [1.807, 2.05) is 24.3 Å². The Morgan fingerprint density at radius 2 is 1.93 bits per heavy atom. The van der Waals surface area contributed by atoms with Crippen molar-refractivity contribution < 1.29 is 4.79 Å². The van der Waals surface area contributed by atoms with Crippen LogP contribution in [0.4, 0.5) is 5.69 Å². The Kier molecular flexibility index (Phi) is 5.44. The molecule has 5 heteroatoms. The van der Waals surface area contributed by atoms with E-state index in [0.29, 0.717) is 0 Å². The van der Waals surface area contributed by atoms with Gasteiger partial charge in [-0.25, -0.2) is 4.98 Å². The lowest BCUT2D eigenvalue weighted by Gasteiger charge is -2.31. The average molecular weight is 377 g/mol. The summed E-state index contributed by atoms with van der Waals surface area (Å²) in [4.78, 5) is 19.8. The molecule has 2 heterocycles. The molecular formula is C23H28N4O. The van der Waals surface area contributed by atoms with Crippen molar-refractivity contribution in [2.45, 2.75) is 32.7 Å². The van der Waals surface area contributed by atoms with Crippen LogP contribution in [0, 0.1) is 5.92 Å².